The van der Waals surface area contributed by atoms with Gasteiger partial charge < -0.3 is 9.88 Å². The van der Waals surface area contributed by atoms with E-state index in [4.69, 9.17) is 0 Å². The Morgan fingerprint density at radius 1 is 1.20 bits per heavy atom. The van der Waals surface area contributed by atoms with Gasteiger partial charge in [0.05, 0.1) is 0 Å². The minimum atomic E-state index is -4.35. The van der Waals surface area contributed by atoms with E-state index in [-0.39, 0.29) is 11.6 Å². The highest BCUT2D eigenvalue weighted by atomic mass is 19.4. The van der Waals surface area contributed by atoms with Crippen LogP contribution in [0.3, 0.4) is 0 Å². The molecule has 0 atom stereocenters. The Morgan fingerprint density at radius 3 is 2.67 bits per heavy atom. The molecule has 3 heterocycles. The molecule has 1 N–H and O–H groups in total. The lowest BCUT2D eigenvalue weighted by Crippen LogP contribution is -2.17. The van der Waals surface area contributed by atoms with Gasteiger partial charge in [0.1, 0.15) is 17.9 Å². The fourth-order valence-corrected chi connectivity index (χ4v) is 3.16. The number of halogens is 3. The van der Waals surface area contributed by atoms with Crippen molar-refractivity contribution in [3.63, 3.8) is 0 Å². The second-order valence-electron chi connectivity index (χ2n) is 6.86. The molecular weight excluding hydrogens is 397 g/mol. The molecule has 1 amide bonds. The van der Waals surface area contributed by atoms with Gasteiger partial charge in [0.15, 0.2) is 5.82 Å². The minimum absolute atomic E-state index is 0.212. The van der Waals surface area contributed by atoms with Gasteiger partial charge in [0, 0.05) is 42.3 Å². The summed E-state index contributed by atoms with van der Waals surface area (Å²) in [7, 11) is 1.67. The molecule has 1 aromatic carbocycles. The predicted octanol–water partition coefficient (Wildman–Crippen LogP) is 3.95. The maximum Gasteiger partial charge on any atom is 0.406 e. The van der Waals surface area contributed by atoms with E-state index >= 15 is 0 Å². The number of amides is 1. The van der Waals surface area contributed by atoms with Crippen molar-refractivity contribution in [2.45, 2.75) is 19.6 Å². The van der Waals surface area contributed by atoms with Crippen LogP contribution in [0, 0.1) is 6.92 Å². The molecule has 0 aliphatic heterocycles. The van der Waals surface area contributed by atoms with E-state index < -0.39 is 12.7 Å². The normalized spacial score (nSPS) is 11.8. The van der Waals surface area contributed by atoms with Crippen LogP contribution < -0.4 is 5.32 Å². The van der Waals surface area contributed by atoms with E-state index in [1.807, 2.05) is 6.92 Å². The van der Waals surface area contributed by atoms with Gasteiger partial charge in [-0.15, -0.1) is 0 Å². The highest BCUT2D eigenvalue weighted by Crippen LogP contribution is 2.26. The van der Waals surface area contributed by atoms with Crippen molar-refractivity contribution in [1.29, 1.82) is 0 Å². The quantitative estimate of drug-likeness (QED) is 0.549. The zero-order valence-corrected chi connectivity index (χ0v) is 16.1. The molecule has 0 spiro atoms. The first-order chi connectivity index (χ1) is 14.2. The molecule has 0 aliphatic rings. The zero-order chi connectivity index (χ0) is 21.5. The Labute approximate surface area is 169 Å². The second-order valence-corrected chi connectivity index (χ2v) is 6.86. The van der Waals surface area contributed by atoms with Crippen LogP contribution in [0.25, 0.3) is 22.4 Å². The molecular formula is C20H17F3N6O. The zero-order valence-electron chi connectivity index (χ0n) is 16.1. The molecule has 0 saturated carbocycles. The van der Waals surface area contributed by atoms with Crippen LogP contribution in [0.1, 0.15) is 16.1 Å². The number of fused-ring (bicyclic) bond motifs is 1. The fraction of sp³-hybridized carbons (Fsp3) is 0.200. The van der Waals surface area contributed by atoms with Crippen LogP contribution in [0.2, 0.25) is 0 Å². The van der Waals surface area contributed by atoms with Crippen LogP contribution in [-0.2, 0) is 13.6 Å². The molecule has 154 valence electrons. The Kier molecular flexibility index (Phi) is 4.76. The van der Waals surface area contributed by atoms with Gasteiger partial charge in [-0.1, -0.05) is 0 Å². The summed E-state index contributed by atoms with van der Waals surface area (Å²) < 4.78 is 40.9. The van der Waals surface area contributed by atoms with E-state index in [0.717, 1.165) is 10.1 Å². The number of nitrogens with one attached hydrogen (secondary N) is 1. The molecule has 0 fully saturated rings. The SMILES string of the molecule is Cc1cc(-c2ncc3ccn(CC(F)(F)F)c3n2)ccc1NC(=O)c1ccnn1C. The summed E-state index contributed by atoms with van der Waals surface area (Å²) in [5, 5.41) is 7.32. The van der Waals surface area contributed by atoms with E-state index in [2.05, 4.69) is 20.4 Å². The van der Waals surface area contributed by atoms with Gasteiger partial charge in [0.2, 0.25) is 0 Å². The number of benzene rings is 1. The van der Waals surface area contributed by atoms with Crippen molar-refractivity contribution >= 4 is 22.6 Å². The monoisotopic (exact) mass is 414 g/mol. The molecule has 0 saturated heterocycles. The summed E-state index contributed by atoms with van der Waals surface area (Å²) in [5.74, 6) is 0.00531. The summed E-state index contributed by atoms with van der Waals surface area (Å²) in [5.41, 5.74) is 2.62. The minimum Gasteiger partial charge on any atom is -0.323 e. The molecule has 4 aromatic rings. The van der Waals surface area contributed by atoms with Gasteiger partial charge >= 0.3 is 6.18 Å². The maximum absolute atomic E-state index is 12.8. The fourth-order valence-electron chi connectivity index (χ4n) is 3.16. The summed E-state index contributed by atoms with van der Waals surface area (Å²) in [6.07, 6.45) is 0.0330. The second kappa shape index (κ2) is 7.29. The molecule has 0 aliphatic carbocycles. The number of rotatable bonds is 4. The highest BCUT2D eigenvalue weighted by Gasteiger charge is 2.28. The van der Waals surface area contributed by atoms with Gasteiger partial charge in [-0.3, -0.25) is 9.48 Å². The first-order valence-electron chi connectivity index (χ1n) is 9.00. The number of aryl methyl sites for hydroxylation is 2. The topological polar surface area (TPSA) is 77.6 Å². The number of anilines is 1. The molecule has 10 heteroatoms. The lowest BCUT2D eigenvalue weighted by molar-refractivity contribution is -0.139. The Bertz CT molecular complexity index is 1240. The summed E-state index contributed by atoms with van der Waals surface area (Å²) in [6.45, 7) is 0.693. The number of aromatic nitrogens is 5. The van der Waals surface area contributed by atoms with Crippen molar-refractivity contribution in [2.24, 2.45) is 7.05 Å². The summed E-state index contributed by atoms with van der Waals surface area (Å²) in [4.78, 5) is 21.0. The third kappa shape index (κ3) is 3.88. The third-order valence-electron chi connectivity index (χ3n) is 4.64. The molecule has 3 aromatic heterocycles. The van der Waals surface area contributed by atoms with Gasteiger partial charge in [-0.2, -0.15) is 18.3 Å². The van der Waals surface area contributed by atoms with E-state index in [9.17, 15) is 18.0 Å². The highest BCUT2D eigenvalue weighted by molar-refractivity contribution is 6.03. The average Bonchev–Trinajstić information content (AvgIpc) is 3.28. The lowest BCUT2D eigenvalue weighted by Gasteiger charge is -2.11. The van der Waals surface area contributed by atoms with Crippen LogP contribution in [0.15, 0.2) is 48.9 Å². The van der Waals surface area contributed by atoms with Crippen molar-refractivity contribution in [3.05, 3.63) is 60.2 Å². The van der Waals surface area contributed by atoms with Crippen molar-refractivity contribution in [3.8, 4) is 11.4 Å². The maximum atomic E-state index is 12.8. The van der Waals surface area contributed by atoms with E-state index in [1.165, 1.54) is 23.3 Å². The standard InChI is InChI=1S/C20H17F3N6O/c1-12-9-13(3-4-15(12)26-19(30)16-5-7-25-28(16)2)17-24-10-14-6-8-29(18(14)27-17)11-20(21,22)23/h3-10H,11H2,1-2H3,(H,26,30). The Hall–Kier alpha value is -3.69. The first kappa shape index (κ1) is 19.6. The summed E-state index contributed by atoms with van der Waals surface area (Å²) in [6, 6.07) is 8.35. The number of carbonyl (C=O) groups is 1. The molecule has 7 nitrogen and oxygen atoms in total. The molecule has 0 bridgehead atoms. The largest absolute Gasteiger partial charge is 0.406 e. The van der Waals surface area contributed by atoms with Crippen LogP contribution in [0.4, 0.5) is 18.9 Å². The van der Waals surface area contributed by atoms with Crippen LogP contribution >= 0.6 is 0 Å². The molecule has 4 rings (SSSR count). The predicted molar refractivity (Wildman–Crippen MR) is 105 cm³/mol. The summed E-state index contributed by atoms with van der Waals surface area (Å²) >= 11 is 0. The van der Waals surface area contributed by atoms with Crippen LogP contribution in [0.5, 0.6) is 0 Å². The number of hydrogen-bond donors (Lipinski definition) is 1. The number of nitrogens with zero attached hydrogens (tertiary/aromatic N) is 5. The number of carbonyl (C=O) groups excluding carboxylic acids is 1. The van der Waals surface area contributed by atoms with Crippen molar-refractivity contribution < 1.29 is 18.0 Å². The van der Waals surface area contributed by atoms with E-state index in [0.29, 0.717) is 28.2 Å². The number of hydrogen-bond acceptors (Lipinski definition) is 4. The smallest absolute Gasteiger partial charge is 0.323 e. The number of alkyl halides is 3. The lowest BCUT2D eigenvalue weighted by atomic mass is 10.1. The molecule has 0 unspecified atom stereocenters. The average molecular weight is 414 g/mol. The van der Waals surface area contributed by atoms with Crippen molar-refractivity contribution in [1.82, 2.24) is 24.3 Å². The third-order valence-corrected chi connectivity index (χ3v) is 4.64. The first-order valence-corrected chi connectivity index (χ1v) is 9.00. The Morgan fingerprint density at radius 2 is 2.00 bits per heavy atom. The molecule has 30 heavy (non-hydrogen) atoms. The van der Waals surface area contributed by atoms with Crippen LogP contribution in [-0.4, -0.2) is 36.4 Å². The molecule has 0 radical (unpaired) electrons. The van der Waals surface area contributed by atoms with Gasteiger partial charge in [-0.25, -0.2) is 9.97 Å². The van der Waals surface area contributed by atoms with E-state index in [1.54, 1.807) is 37.4 Å². The van der Waals surface area contributed by atoms with Crippen molar-refractivity contribution in [2.75, 3.05) is 5.32 Å². The Balaban J connectivity index is 1.62. The van der Waals surface area contributed by atoms with Gasteiger partial charge in [0.25, 0.3) is 5.91 Å². The van der Waals surface area contributed by atoms with Gasteiger partial charge in [-0.05, 0) is 42.8 Å².